The molecule has 1 fully saturated rings. The van der Waals surface area contributed by atoms with Crippen LogP contribution in [0.5, 0.6) is 0 Å². The van der Waals surface area contributed by atoms with E-state index < -0.39 is 0 Å². The summed E-state index contributed by atoms with van der Waals surface area (Å²) in [6.45, 7) is 7.06. The molecule has 1 unspecified atom stereocenters. The fraction of sp³-hybridized carbons (Fsp3) is 0.360. The fourth-order valence-corrected chi connectivity index (χ4v) is 4.02. The zero-order chi connectivity index (χ0) is 20.9. The average Bonchev–Trinajstić information content (AvgIpc) is 3.19. The molecule has 1 amide bonds. The standard InChI is InChI=1S/C25H30N4O/c1-19(22-10-12-24(13-11-22)28-15-4-3-5-16-28)27-25(30)23-8-6-21(7-9-23)18-29-17-14-26-20(29)2/h6-14,17,19H,3-5,15-16,18H2,1-2H3,(H,27,30). The number of nitrogens with one attached hydrogen (secondary N) is 1. The molecule has 2 heterocycles. The number of carbonyl (C=O) groups excluding carboxylic acids is 1. The van der Waals surface area contributed by atoms with Crippen LogP contribution in [0.15, 0.2) is 60.9 Å². The summed E-state index contributed by atoms with van der Waals surface area (Å²) in [5.74, 6) is 0.935. The Morgan fingerprint density at radius 1 is 1.03 bits per heavy atom. The lowest BCUT2D eigenvalue weighted by Gasteiger charge is -2.29. The van der Waals surface area contributed by atoms with Gasteiger partial charge < -0.3 is 14.8 Å². The van der Waals surface area contributed by atoms with Crippen LogP contribution < -0.4 is 10.2 Å². The van der Waals surface area contributed by atoms with E-state index in [9.17, 15) is 4.79 Å². The van der Waals surface area contributed by atoms with Crippen molar-refractivity contribution in [2.45, 2.75) is 45.7 Å². The molecule has 30 heavy (non-hydrogen) atoms. The van der Waals surface area contributed by atoms with Gasteiger partial charge >= 0.3 is 0 Å². The average molecular weight is 403 g/mol. The molecule has 0 saturated carbocycles. The lowest BCUT2D eigenvalue weighted by Crippen LogP contribution is -2.29. The second-order valence-corrected chi connectivity index (χ2v) is 8.13. The zero-order valence-corrected chi connectivity index (χ0v) is 17.8. The number of nitrogens with zero attached hydrogens (tertiary/aromatic N) is 3. The number of carbonyl (C=O) groups is 1. The molecular formula is C25H30N4O. The first kappa shape index (κ1) is 20.2. The van der Waals surface area contributed by atoms with Crippen molar-refractivity contribution >= 4 is 11.6 Å². The van der Waals surface area contributed by atoms with E-state index in [4.69, 9.17) is 0 Å². The number of aryl methyl sites for hydroxylation is 1. The fourth-order valence-electron chi connectivity index (χ4n) is 4.02. The first-order valence-corrected chi connectivity index (χ1v) is 10.8. The van der Waals surface area contributed by atoms with E-state index >= 15 is 0 Å². The predicted octanol–water partition coefficient (Wildman–Crippen LogP) is 4.72. The van der Waals surface area contributed by atoms with Gasteiger partial charge in [-0.1, -0.05) is 24.3 Å². The third-order valence-electron chi connectivity index (χ3n) is 5.95. The number of aromatic nitrogens is 2. The van der Waals surface area contributed by atoms with Gasteiger partial charge in [0.25, 0.3) is 5.91 Å². The molecule has 0 spiro atoms. The summed E-state index contributed by atoms with van der Waals surface area (Å²) in [5, 5.41) is 3.12. The van der Waals surface area contributed by atoms with Gasteiger partial charge in [0.2, 0.25) is 0 Å². The van der Waals surface area contributed by atoms with Crippen LogP contribution in [0.2, 0.25) is 0 Å². The number of piperidine rings is 1. The largest absolute Gasteiger partial charge is 0.372 e. The third kappa shape index (κ3) is 4.73. The second-order valence-electron chi connectivity index (χ2n) is 8.13. The quantitative estimate of drug-likeness (QED) is 0.649. The van der Waals surface area contributed by atoms with Crippen molar-refractivity contribution in [3.05, 3.63) is 83.4 Å². The van der Waals surface area contributed by atoms with E-state index in [1.807, 2.05) is 44.3 Å². The Labute approximate surface area is 178 Å². The molecule has 1 aliphatic heterocycles. The van der Waals surface area contributed by atoms with Crippen molar-refractivity contribution in [1.29, 1.82) is 0 Å². The second kappa shape index (κ2) is 9.16. The van der Waals surface area contributed by atoms with Gasteiger partial charge in [-0.15, -0.1) is 0 Å². The van der Waals surface area contributed by atoms with E-state index in [0.29, 0.717) is 5.56 Å². The molecule has 1 aromatic heterocycles. The molecule has 156 valence electrons. The summed E-state index contributed by atoms with van der Waals surface area (Å²) < 4.78 is 2.09. The van der Waals surface area contributed by atoms with Crippen molar-refractivity contribution in [2.24, 2.45) is 0 Å². The first-order chi connectivity index (χ1) is 14.6. The molecule has 1 N–H and O–H groups in total. The minimum atomic E-state index is -0.0482. The summed E-state index contributed by atoms with van der Waals surface area (Å²) in [7, 11) is 0. The highest BCUT2D eigenvalue weighted by molar-refractivity contribution is 5.94. The minimum absolute atomic E-state index is 0.0406. The lowest BCUT2D eigenvalue weighted by atomic mass is 10.1. The van der Waals surface area contributed by atoms with Crippen LogP contribution in [-0.4, -0.2) is 28.5 Å². The predicted molar refractivity (Wildman–Crippen MR) is 121 cm³/mol. The third-order valence-corrected chi connectivity index (χ3v) is 5.95. The summed E-state index contributed by atoms with van der Waals surface area (Å²) >= 11 is 0. The lowest BCUT2D eigenvalue weighted by molar-refractivity contribution is 0.0940. The Kier molecular flexibility index (Phi) is 6.17. The van der Waals surface area contributed by atoms with Crippen LogP contribution in [0, 0.1) is 6.92 Å². The first-order valence-electron chi connectivity index (χ1n) is 10.8. The van der Waals surface area contributed by atoms with Gasteiger partial charge in [0, 0.05) is 43.3 Å². The maximum atomic E-state index is 12.7. The minimum Gasteiger partial charge on any atom is -0.372 e. The van der Waals surface area contributed by atoms with Crippen molar-refractivity contribution in [1.82, 2.24) is 14.9 Å². The molecule has 0 aliphatic carbocycles. The molecule has 2 aromatic carbocycles. The molecule has 5 nitrogen and oxygen atoms in total. The molecule has 0 bridgehead atoms. The van der Waals surface area contributed by atoms with Crippen molar-refractivity contribution < 1.29 is 4.79 Å². The van der Waals surface area contributed by atoms with Gasteiger partial charge in [-0.05, 0) is 68.5 Å². The van der Waals surface area contributed by atoms with Crippen LogP contribution in [0.1, 0.15) is 59.5 Å². The Morgan fingerprint density at radius 3 is 2.37 bits per heavy atom. The highest BCUT2D eigenvalue weighted by atomic mass is 16.1. The Bertz CT molecular complexity index is 969. The van der Waals surface area contributed by atoms with Crippen LogP contribution in [0.3, 0.4) is 0 Å². The summed E-state index contributed by atoms with van der Waals surface area (Å²) in [6, 6.07) is 16.4. The van der Waals surface area contributed by atoms with Gasteiger partial charge in [-0.3, -0.25) is 4.79 Å². The van der Waals surface area contributed by atoms with E-state index in [1.54, 1.807) is 6.20 Å². The van der Waals surface area contributed by atoms with Gasteiger partial charge in [-0.2, -0.15) is 0 Å². The monoisotopic (exact) mass is 402 g/mol. The Morgan fingerprint density at radius 2 is 1.73 bits per heavy atom. The Hall–Kier alpha value is -3.08. The zero-order valence-electron chi connectivity index (χ0n) is 17.8. The molecule has 1 aliphatic rings. The number of imidazole rings is 1. The Balaban J connectivity index is 1.35. The maximum absolute atomic E-state index is 12.7. The number of rotatable bonds is 6. The van der Waals surface area contributed by atoms with Crippen LogP contribution in [0.25, 0.3) is 0 Å². The van der Waals surface area contributed by atoms with Gasteiger partial charge in [0.1, 0.15) is 5.82 Å². The summed E-state index contributed by atoms with van der Waals surface area (Å²) in [6.07, 6.45) is 7.65. The molecule has 5 heteroatoms. The maximum Gasteiger partial charge on any atom is 0.251 e. The van der Waals surface area contributed by atoms with E-state index in [1.165, 1.54) is 24.9 Å². The van der Waals surface area contributed by atoms with Crippen LogP contribution >= 0.6 is 0 Å². The van der Waals surface area contributed by atoms with E-state index in [2.05, 4.69) is 44.0 Å². The number of amides is 1. The van der Waals surface area contributed by atoms with E-state index in [0.717, 1.165) is 36.6 Å². The van der Waals surface area contributed by atoms with Gasteiger partial charge in [0.15, 0.2) is 0 Å². The number of benzene rings is 2. The number of hydrogen-bond acceptors (Lipinski definition) is 3. The van der Waals surface area contributed by atoms with Crippen LogP contribution in [0.4, 0.5) is 5.69 Å². The SMILES string of the molecule is Cc1nccn1Cc1ccc(C(=O)NC(C)c2ccc(N3CCCCC3)cc2)cc1. The topological polar surface area (TPSA) is 50.2 Å². The smallest absolute Gasteiger partial charge is 0.251 e. The summed E-state index contributed by atoms with van der Waals surface area (Å²) in [4.78, 5) is 19.4. The van der Waals surface area contributed by atoms with E-state index in [-0.39, 0.29) is 11.9 Å². The summed E-state index contributed by atoms with van der Waals surface area (Å²) in [5.41, 5.74) is 4.23. The molecule has 1 atom stereocenters. The normalized spacial score (nSPS) is 15.1. The molecule has 1 saturated heterocycles. The number of anilines is 1. The molecular weight excluding hydrogens is 372 g/mol. The van der Waals surface area contributed by atoms with Crippen molar-refractivity contribution in [3.63, 3.8) is 0 Å². The van der Waals surface area contributed by atoms with Crippen molar-refractivity contribution in [3.8, 4) is 0 Å². The molecule has 0 radical (unpaired) electrons. The highest BCUT2D eigenvalue weighted by Crippen LogP contribution is 2.22. The van der Waals surface area contributed by atoms with Gasteiger partial charge in [-0.25, -0.2) is 4.98 Å². The number of hydrogen-bond donors (Lipinski definition) is 1. The molecule has 4 rings (SSSR count). The highest BCUT2D eigenvalue weighted by Gasteiger charge is 2.14. The molecule has 3 aromatic rings. The van der Waals surface area contributed by atoms with Crippen LogP contribution in [-0.2, 0) is 6.54 Å². The van der Waals surface area contributed by atoms with Gasteiger partial charge in [0.05, 0.1) is 6.04 Å². The van der Waals surface area contributed by atoms with Crippen molar-refractivity contribution in [2.75, 3.05) is 18.0 Å².